The van der Waals surface area contributed by atoms with Gasteiger partial charge in [0.05, 0.1) is 10.6 Å². The summed E-state index contributed by atoms with van der Waals surface area (Å²) in [5, 5.41) is 3.65. The molecule has 1 N–H and O–H groups in total. The highest BCUT2D eigenvalue weighted by Gasteiger charge is 2.20. The number of hydrogen-bond donors (Lipinski definition) is 1. The zero-order chi connectivity index (χ0) is 15.2. The van der Waals surface area contributed by atoms with Crippen molar-refractivity contribution in [3.8, 4) is 0 Å². The van der Waals surface area contributed by atoms with E-state index in [9.17, 15) is 4.79 Å². The first-order valence-corrected chi connectivity index (χ1v) is 7.87. The van der Waals surface area contributed by atoms with Crippen LogP contribution in [0.2, 0.25) is 5.02 Å². The molecule has 0 unspecified atom stereocenters. The van der Waals surface area contributed by atoms with Crippen LogP contribution < -0.4 is 5.32 Å². The van der Waals surface area contributed by atoms with Crippen molar-refractivity contribution in [1.29, 1.82) is 0 Å². The third kappa shape index (κ3) is 4.32. The van der Waals surface area contributed by atoms with Gasteiger partial charge in [0.15, 0.2) is 0 Å². The second kappa shape index (κ2) is 7.61. The minimum Gasteiger partial charge on any atom is -0.369 e. The van der Waals surface area contributed by atoms with E-state index in [-0.39, 0.29) is 5.91 Å². The monoisotopic (exact) mass is 310 g/mol. The molecule has 1 amide bonds. The molecule has 1 saturated heterocycles. The highest BCUT2D eigenvalue weighted by Crippen LogP contribution is 2.21. The molecule has 5 nitrogen and oxygen atoms in total. The number of likely N-dealkylation sites (N-methyl/N-ethyl adjacent to an activating group) is 1. The Bertz CT molecular complexity index is 495. The van der Waals surface area contributed by atoms with E-state index in [1.54, 1.807) is 12.3 Å². The Morgan fingerprint density at radius 3 is 2.90 bits per heavy atom. The highest BCUT2D eigenvalue weighted by atomic mass is 35.5. The van der Waals surface area contributed by atoms with Crippen LogP contribution in [0.15, 0.2) is 12.3 Å². The Morgan fingerprint density at radius 2 is 2.19 bits per heavy atom. The van der Waals surface area contributed by atoms with E-state index in [0.29, 0.717) is 16.4 Å². The van der Waals surface area contributed by atoms with E-state index in [1.807, 2.05) is 4.90 Å². The number of rotatable bonds is 4. The number of nitrogens with zero attached hydrogens (tertiary/aromatic N) is 3. The highest BCUT2D eigenvalue weighted by molar-refractivity contribution is 6.33. The molecular formula is C15H23ClN4O. The zero-order valence-electron chi connectivity index (χ0n) is 12.7. The average molecular weight is 311 g/mol. The summed E-state index contributed by atoms with van der Waals surface area (Å²) in [5.74, 6) is 0.660. The van der Waals surface area contributed by atoms with Gasteiger partial charge in [0, 0.05) is 32.4 Å². The first-order chi connectivity index (χ1) is 10.1. The van der Waals surface area contributed by atoms with Crippen LogP contribution in [-0.4, -0.2) is 60.5 Å². The van der Waals surface area contributed by atoms with Gasteiger partial charge in [-0.25, -0.2) is 4.98 Å². The lowest BCUT2D eigenvalue weighted by atomic mass is 10.2. The van der Waals surface area contributed by atoms with Crippen molar-refractivity contribution >= 4 is 23.3 Å². The Balaban J connectivity index is 2.06. The number of nitrogens with one attached hydrogen (secondary N) is 1. The first-order valence-electron chi connectivity index (χ1n) is 7.49. The zero-order valence-corrected chi connectivity index (χ0v) is 13.5. The number of hydrogen-bond acceptors (Lipinski definition) is 4. The summed E-state index contributed by atoms with van der Waals surface area (Å²) >= 11 is 6.20. The van der Waals surface area contributed by atoms with Crippen LogP contribution in [0.25, 0.3) is 0 Å². The minimum absolute atomic E-state index is 0.0155. The first kappa shape index (κ1) is 16.0. The second-order valence-electron chi connectivity index (χ2n) is 5.43. The van der Waals surface area contributed by atoms with E-state index >= 15 is 0 Å². The predicted molar refractivity (Wildman–Crippen MR) is 86.0 cm³/mol. The molecule has 0 atom stereocenters. The summed E-state index contributed by atoms with van der Waals surface area (Å²) < 4.78 is 0. The van der Waals surface area contributed by atoms with E-state index in [0.717, 1.165) is 45.6 Å². The molecule has 2 heterocycles. The van der Waals surface area contributed by atoms with Crippen molar-refractivity contribution in [2.24, 2.45) is 0 Å². The van der Waals surface area contributed by atoms with Gasteiger partial charge in [-0.3, -0.25) is 4.79 Å². The van der Waals surface area contributed by atoms with Gasteiger partial charge in [-0.1, -0.05) is 18.5 Å². The summed E-state index contributed by atoms with van der Waals surface area (Å²) in [6.07, 6.45) is 3.61. The molecule has 1 aromatic rings. The van der Waals surface area contributed by atoms with Gasteiger partial charge in [-0.05, 0) is 32.5 Å². The van der Waals surface area contributed by atoms with E-state index in [1.165, 1.54) is 0 Å². The van der Waals surface area contributed by atoms with Crippen molar-refractivity contribution in [3.05, 3.63) is 22.8 Å². The van der Waals surface area contributed by atoms with Crippen LogP contribution in [0.1, 0.15) is 30.1 Å². The lowest BCUT2D eigenvalue weighted by molar-refractivity contribution is 0.0762. The van der Waals surface area contributed by atoms with Gasteiger partial charge >= 0.3 is 0 Å². The van der Waals surface area contributed by atoms with Crippen LogP contribution in [-0.2, 0) is 0 Å². The number of aromatic nitrogens is 1. The number of carbonyl (C=O) groups excluding carboxylic acids is 1. The number of amides is 1. The van der Waals surface area contributed by atoms with Gasteiger partial charge in [-0.2, -0.15) is 0 Å². The van der Waals surface area contributed by atoms with Crippen molar-refractivity contribution in [2.45, 2.75) is 19.8 Å². The fraction of sp³-hybridized carbons (Fsp3) is 0.600. The fourth-order valence-electron chi connectivity index (χ4n) is 2.36. The lowest BCUT2D eigenvalue weighted by Gasteiger charge is -2.20. The predicted octanol–water partition coefficient (Wildman–Crippen LogP) is 2.33. The average Bonchev–Trinajstić information content (AvgIpc) is 2.70. The minimum atomic E-state index is 0.0155. The molecule has 2 rings (SSSR count). The van der Waals surface area contributed by atoms with Crippen molar-refractivity contribution in [3.63, 3.8) is 0 Å². The molecule has 116 valence electrons. The Hall–Kier alpha value is -1.33. The molecule has 1 aliphatic heterocycles. The van der Waals surface area contributed by atoms with E-state index < -0.39 is 0 Å². The van der Waals surface area contributed by atoms with Crippen LogP contribution in [0, 0.1) is 0 Å². The molecule has 1 fully saturated rings. The maximum Gasteiger partial charge on any atom is 0.255 e. The molecule has 6 heteroatoms. The number of anilines is 1. The molecule has 0 radical (unpaired) electrons. The van der Waals surface area contributed by atoms with Gasteiger partial charge in [0.25, 0.3) is 5.91 Å². The third-order valence-corrected chi connectivity index (χ3v) is 3.93. The van der Waals surface area contributed by atoms with Crippen LogP contribution >= 0.6 is 11.6 Å². The fourth-order valence-corrected chi connectivity index (χ4v) is 2.59. The molecule has 21 heavy (non-hydrogen) atoms. The topological polar surface area (TPSA) is 48.5 Å². The molecule has 0 aromatic carbocycles. The summed E-state index contributed by atoms with van der Waals surface area (Å²) in [7, 11) is 2.08. The molecule has 0 spiro atoms. The number of halogens is 1. The summed E-state index contributed by atoms with van der Waals surface area (Å²) in [6.45, 7) is 6.37. The normalized spacial score (nSPS) is 16.6. The maximum absolute atomic E-state index is 12.5. The number of pyridine rings is 1. The van der Waals surface area contributed by atoms with Crippen molar-refractivity contribution in [2.75, 3.05) is 45.1 Å². The molecular weight excluding hydrogens is 288 g/mol. The standard InChI is InChI=1S/C15H23ClN4O/c1-3-5-17-14-13(16)10-12(11-18-14)15(21)20-7-4-6-19(2)8-9-20/h10-11H,3-9H2,1-2H3,(H,17,18). The summed E-state index contributed by atoms with van der Waals surface area (Å²) in [4.78, 5) is 20.9. The van der Waals surface area contributed by atoms with Gasteiger partial charge < -0.3 is 15.1 Å². The largest absolute Gasteiger partial charge is 0.369 e. The van der Waals surface area contributed by atoms with Gasteiger partial charge in [-0.15, -0.1) is 0 Å². The Kier molecular flexibility index (Phi) is 5.82. The Labute approximate surface area is 131 Å². The summed E-state index contributed by atoms with van der Waals surface area (Å²) in [6, 6.07) is 1.71. The van der Waals surface area contributed by atoms with E-state index in [2.05, 4.69) is 29.2 Å². The molecule has 0 saturated carbocycles. The maximum atomic E-state index is 12.5. The Morgan fingerprint density at radius 1 is 1.38 bits per heavy atom. The molecule has 0 aliphatic carbocycles. The van der Waals surface area contributed by atoms with Crippen molar-refractivity contribution < 1.29 is 4.79 Å². The smallest absolute Gasteiger partial charge is 0.255 e. The molecule has 1 aliphatic rings. The van der Waals surface area contributed by atoms with Crippen molar-refractivity contribution in [1.82, 2.24) is 14.8 Å². The van der Waals surface area contributed by atoms with Crippen LogP contribution in [0.4, 0.5) is 5.82 Å². The second-order valence-corrected chi connectivity index (χ2v) is 5.84. The quantitative estimate of drug-likeness (QED) is 0.927. The van der Waals surface area contributed by atoms with Crippen LogP contribution in [0.3, 0.4) is 0 Å². The van der Waals surface area contributed by atoms with Gasteiger partial charge in [0.2, 0.25) is 0 Å². The third-order valence-electron chi connectivity index (χ3n) is 3.64. The molecule has 0 bridgehead atoms. The van der Waals surface area contributed by atoms with Crippen LogP contribution in [0.5, 0.6) is 0 Å². The lowest BCUT2D eigenvalue weighted by Crippen LogP contribution is -2.34. The molecule has 1 aromatic heterocycles. The number of carbonyl (C=O) groups is 1. The SMILES string of the molecule is CCCNc1ncc(C(=O)N2CCCN(C)CC2)cc1Cl. The van der Waals surface area contributed by atoms with Gasteiger partial charge in [0.1, 0.15) is 5.82 Å². The van der Waals surface area contributed by atoms with E-state index in [4.69, 9.17) is 11.6 Å². The summed E-state index contributed by atoms with van der Waals surface area (Å²) in [5.41, 5.74) is 0.562.